The molecule has 2 aromatic rings. The van der Waals surface area contributed by atoms with Crippen LogP contribution in [0, 0.1) is 6.92 Å². The molecule has 2 aromatic carbocycles. The summed E-state index contributed by atoms with van der Waals surface area (Å²) in [6.45, 7) is 3.76. The summed E-state index contributed by atoms with van der Waals surface area (Å²) >= 11 is 0. The predicted molar refractivity (Wildman–Crippen MR) is 107 cm³/mol. The van der Waals surface area contributed by atoms with Gasteiger partial charge in [-0.1, -0.05) is 23.8 Å². The number of nitrogens with zero attached hydrogens (tertiary/aromatic N) is 1. The van der Waals surface area contributed by atoms with Crippen molar-refractivity contribution in [1.82, 2.24) is 0 Å². The maximum absolute atomic E-state index is 12.2. The number of aliphatic imine (C=N–C) groups is 1. The van der Waals surface area contributed by atoms with Gasteiger partial charge in [0.25, 0.3) is 0 Å². The van der Waals surface area contributed by atoms with Crippen molar-refractivity contribution < 1.29 is 28.5 Å². The lowest BCUT2D eigenvalue weighted by Crippen LogP contribution is -2.14. The minimum atomic E-state index is -0.526. The molecule has 0 atom stereocenters. The molecule has 150 valence electrons. The quantitative estimate of drug-likeness (QED) is 0.528. The number of carbonyl (C=O) groups excluding carboxylic acids is 2. The number of carbonyl (C=O) groups is 2. The van der Waals surface area contributed by atoms with Gasteiger partial charge in [0.05, 0.1) is 13.7 Å². The van der Waals surface area contributed by atoms with Crippen LogP contribution in [0.25, 0.3) is 6.08 Å². The Kier molecular flexibility index (Phi) is 6.29. The number of methoxy groups -OCH3 is 1. The second-order valence-corrected chi connectivity index (χ2v) is 6.21. The van der Waals surface area contributed by atoms with Crippen LogP contribution in [0.1, 0.15) is 23.6 Å². The van der Waals surface area contributed by atoms with Gasteiger partial charge in [-0.25, -0.2) is 14.6 Å². The summed E-state index contributed by atoms with van der Waals surface area (Å²) in [7, 11) is 1.49. The molecule has 0 aliphatic carbocycles. The molecular formula is C22H21NO6. The minimum Gasteiger partial charge on any atom is -0.493 e. The van der Waals surface area contributed by atoms with Crippen molar-refractivity contribution in [2.45, 2.75) is 13.8 Å². The fourth-order valence-corrected chi connectivity index (χ4v) is 2.62. The minimum absolute atomic E-state index is 0.183. The Balaban J connectivity index is 1.79. The fraction of sp³-hybridized carbons (Fsp3) is 0.227. The van der Waals surface area contributed by atoms with E-state index in [4.69, 9.17) is 18.9 Å². The number of cyclic esters (lactones) is 1. The van der Waals surface area contributed by atoms with Crippen LogP contribution in [0.2, 0.25) is 0 Å². The third-order valence-corrected chi connectivity index (χ3v) is 4.06. The summed E-state index contributed by atoms with van der Waals surface area (Å²) in [5, 5.41) is 0. The Morgan fingerprint density at radius 2 is 1.90 bits per heavy atom. The van der Waals surface area contributed by atoms with Gasteiger partial charge in [0, 0.05) is 5.56 Å². The molecule has 0 saturated carbocycles. The number of aryl methyl sites for hydroxylation is 1. The first-order valence-electron chi connectivity index (χ1n) is 9.06. The summed E-state index contributed by atoms with van der Waals surface area (Å²) in [6.07, 6.45) is 1.60. The Bertz CT molecular complexity index is 975. The maximum atomic E-state index is 12.2. The molecule has 1 aliphatic heterocycles. The molecule has 0 aromatic heterocycles. The van der Waals surface area contributed by atoms with Crippen molar-refractivity contribution in [3.63, 3.8) is 0 Å². The maximum Gasteiger partial charge on any atom is 0.363 e. The fourth-order valence-electron chi connectivity index (χ4n) is 2.62. The van der Waals surface area contributed by atoms with Gasteiger partial charge >= 0.3 is 11.9 Å². The Hall–Kier alpha value is -3.61. The van der Waals surface area contributed by atoms with Crippen LogP contribution in [0.5, 0.6) is 11.5 Å². The normalized spacial score (nSPS) is 14.4. The van der Waals surface area contributed by atoms with Crippen molar-refractivity contribution in [1.29, 1.82) is 0 Å². The molecule has 0 saturated heterocycles. The highest BCUT2D eigenvalue weighted by Gasteiger charge is 2.24. The van der Waals surface area contributed by atoms with Gasteiger partial charge in [-0.15, -0.1) is 0 Å². The lowest BCUT2D eigenvalue weighted by atomic mass is 10.1. The summed E-state index contributed by atoms with van der Waals surface area (Å²) in [5.41, 5.74) is 2.69. The van der Waals surface area contributed by atoms with Gasteiger partial charge in [0.1, 0.15) is 0 Å². The number of hydrogen-bond donors (Lipinski definition) is 0. The number of rotatable bonds is 7. The zero-order chi connectivity index (χ0) is 20.8. The van der Waals surface area contributed by atoms with Gasteiger partial charge in [0.15, 0.2) is 23.8 Å². The molecule has 7 heteroatoms. The van der Waals surface area contributed by atoms with E-state index in [1.807, 2.05) is 31.2 Å². The summed E-state index contributed by atoms with van der Waals surface area (Å²) in [6, 6.07) is 12.6. The van der Waals surface area contributed by atoms with Crippen molar-refractivity contribution in [2.75, 3.05) is 20.3 Å². The highest BCUT2D eigenvalue weighted by atomic mass is 16.6. The van der Waals surface area contributed by atoms with E-state index in [1.165, 1.54) is 7.11 Å². The number of esters is 2. The van der Waals surface area contributed by atoms with Crippen LogP contribution in [0.3, 0.4) is 0 Å². The predicted octanol–water partition coefficient (Wildman–Crippen LogP) is 3.29. The molecule has 1 heterocycles. The lowest BCUT2D eigenvalue weighted by molar-refractivity contribution is -0.145. The van der Waals surface area contributed by atoms with E-state index < -0.39 is 11.9 Å². The number of ether oxygens (including phenoxy) is 4. The summed E-state index contributed by atoms with van der Waals surface area (Å²) in [5.74, 6) is 0.0792. The van der Waals surface area contributed by atoms with E-state index in [0.29, 0.717) is 17.1 Å². The summed E-state index contributed by atoms with van der Waals surface area (Å²) in [4.78, 5) is 27.9. The van der Waals surface area contributed by atoms with Gasteiger partial charge in [0.2, 0.25) is 5.90 Å². The average molecular weight is 395 g/mol. The molecule has 0 radical (unpaired) electrons. The number of hydrogen-bond acceptors (Lipinski definition) is 7. The SMILES string of the molecule is CCOC(=O)COc1ccc(/C=C2/N=C(c3ccc(C)cc3)OC2=O)cc1OC. The van der Waals surface area contributed by atoms with E-state index in [9.17, 15) is 9.59 Å². The molecule has 7 nitrogen and oxygen atoms in total. The average Bonchev–Trinajstić information content (AvgIpc) is 3.08. The standard InChI is InChI=1S/C22H21NO6/c1-4-27-20(24)13-28-18-10-7-15(12-19(18)26-3)11-17-22(25)29-21(23-17)16-8-5-14(2)6-9-16/h5-12H,4,13H2,1-3H3/b17-11+. The van der Waals surface area contributed by atoms with Crippen LogP contribution < -0.4 is 9.47 Å². The Labute approximate surface area is 168 Å². The van der Waals surface area contributed by atoms with Gasteiger partial charge in [-0.3, -0.25) is 0 Å². The van der Waals surface area contributed by atoms with Crippen LogP contribution in [-0.2, 0) is 19.1 Å². The molecule has 0 fully saturated rings. The van der Waals surface area contributed by atoms with Crippen molar-refractivity contribution in [3.05, 3.63) is 64.9 Å². The highest BCUT2D eigenvalue weighted by molar-refractivity contribution is 6.12. The Morgan fingerprint density at radius 3 is 2.59 bits per heavy atom. The van der Waals surface area contributed by atoms with E-state index in [1.54, 1.807) is 31.2 Å². The van der Waals surface area contributed by atoms with Crippen molar-refractivity contribution in [2.24, 2.45) is 4.99 Å². The van der Waals surface area contributed by atoms with E-state index >= 15 is 0 Å². The Morgan fingerprint density at radius 1 is 1.14 bits per heavy atom. The third-order valence-electron chi connectivity index (χ3n) is 4.06. The second-order valence-electron chi connectivity index (χ2n) is 6.21. The zero-order valence-electron chi connectivity index (χ0n) is 16.4. The van der Waals surface area contributed by atoms with Crippen LogP contribution in [0.4, 0.5) is 0 Å². The largest absolute Gasteiger partial charge is 0.493 e. The monoisotopic (exact) mass is 395 g/mol. The number of benzene rings is 2. The molecule has 1 aliphatic rings. The molecule has 0 unspecified atom stereocenters. The van der Waals surface area contributed by atoms with Gasteiger partial charge < -0.3 is 18.9 Å². The molecule has 0 bridgehead atoms. The zero-order valence-corrected chi connectivity index (χ0v) is 16.4. The molecule has 29 heavy (non-hydrogen) atoms. The first kappa shape index (κ1) is 20.1. The first-order valence-corrected chi connectivity index (χ1v) is 9.06. The van der Waals surface area contributed by atoms with Crippen LogP contribution in [0.15, 0.2) is 53.2 Å². The molecule has 3 rings (SSSR count). The molecule has 0 N–H and O–H groups in total. The van der Waals surface area contributed by atoms with E-state index in [2.05, 4.69) is 4.99 Å². The summed E-state index contributed by atoms with van der Waals surface area (Å²) < 4.78 is 20.9. The van der Waals surface area contributed by atoms with E-state index in [0.717, 1.165) is 11.1 Å². The molecular weight excluding hydrogens is 374 g/mol. The van der Waals surface area contributed by atoms with E-state index in [-0.39, 0.29) is 24.8 Å². The smallest absolute Gasteiger partial charge is 0.363 e. The van der Waals surface area contributed by atoms with Gasteiger partial charge in [-0.05, 0) is 49.8 Å². The first-order chi connectivity index (χ1) is 14.0. The van der Waals surface area contributed by atoms with Crippen molar-refractivity contribution in [3.8, 4) is 11.5 Å². The lowest BCUT2D eigenvalue weighted by Gasteiger charge is -2.10. The highest BCUT2D eigenvalue weighted by Crippen LogP contribution is 2.30. The topological polar surface area (TPSA) is 83.4 Å². The van der Waals surface area contributed by atoms with Crippen LogP contribution in [-0.4, -0.2) is 38.2 Å². The van der Waals surface area contributed by atoms with Gasteiger partial charge in [-0.2, -0.15) is 0 Å². The van der Waals surface area contributed by atoms with Crippen LogP contribution >= 0.6 is 0 Å². The molecule has 0 amide bonds. The molecule has 0 spiro atoms. The third kappa shape index (κ3) is 5.01. The van der Waals surface area contributed by atoms with Crippen molar-refractivity contribution >= 4 is 23.9 Å². The second kappa shape index (κ2) is 9.05.